The second-order valence-electron chi connectivity index (χ2n) is 3.59. The van der Waals surface area contributed by atoms with E-state index in [2.05, 4.69) is 0 Å². The molecule has 0 spiro atoms. The van der Waals surface area contributed by atoms with Gasteiger partial charge in [0.05, 0.1) is 11.6 Å². The minimum Gasteiger partial charge on any atom is -0.506 e. The molecule has 0 unspecified atom stereocenters. The van der Waals surface area contributed by atoms with E-state index in [0.29, 0.717) is 16.7 Å². The van der Waals surface area contributed by atoms with Gasteiger partial charge < -0.3 is 13.9 Å². The first-order chi connectivity index (χ1) is 8.27. The molecule has 3 rings (SSSR count). The minimum atomic E-state index is -0.615. The normalized spacial score (nSPS) is 10.8. The molecule has 1 aromatic carbocycles. The molecule has 0 aliphatic carbocycles. The lowest BCUT2D eigenvalue weighted by molar-refractivity contribution is 0.466. The van der Waals surface area contributed by atoms with Gasteiger partial charge in [-0.05, 0) is 24.3 Å². The zero-order chi connectivity index (χ0) is 11.8. The topological polar surface area (TPSA) is 63.6 Å². The van der Waals surface area contributed by atoms with Crippen LogP contribution in [0, 0.1) is 0 Å². The molecule has 0 atom stereocenters. The van der Waals surface area contributed by atoms with Crippen LogP contribution in [0.5, 0.6) is 5.75 Å². The number of furan rings is 1. The van der Waals surface area contributed by atoms with Gasteiger partial charge in [-0.2, -0.15) is 0 Å². The number of hydrogen-bond acceptors (Lipinski definition) is 4. The van der Waals surface area contributed by atoms with Crippen LogP contribution in [-0.4, -0.2) is 5.11 Å². The zero-order valence-corrected chi connectivity index (χ0v) is 8.71. The first-order valence-electron chi connectivity index (χ1n) is 5.06. The van der Waals surface area contributed by atoms with Crippen LogP contribution in [0.15, 0.2) is 56.3 Å². The molecule has 0 radical (unpaired) electrons. The third-order valence-electron chi connectivity index (χ3n) is 2.55. The Kier molecular flexibility index (Phi) is 2.01. The largest absolute Gasteiger partial charge is 0.506 e. The number of fused-ring (bicyclic) bond motifs is 1. The zero-order valence-electron chi connectivity index (χ0n) is 8.71. The molecule has 0 aliphatic heterocycles. The van der Waals surface area contributed by atoms with E-state index >= 15 is 0 Å². The minimum absolute atomic E-state index is 0.0497. The van der Waals surface area contributed by atoms with Crippen LogP contribution in [0.1, 0.15) is 0 Å². The van der Waals surface area contributed by atoms with Crippen molar-refractivity contribution < 1.29 is 13.9 Å². The highest BCUT2D eigenvalue weighted by Gasteiger charge is 2.17. The molecule has 0 fully saturated rings. The highest BCUT2D eigenvalue weighted by atomic mass is 16.4. The van der Waals surface area contributed by atoms with Crippen molar-refractivity contribution in [2.24, 2.45) is 0 Å². The van der Waals surface area contributed by atoms with E-state index < -0.39 is 5.63 Å². The molecule has 4 nitrogen and oxygen atoms in total. The molecule has 17 heavy (non-hydrogen) atoms. The van der Waals surface area contributed by atoms with E-state index in [4.69, 9.17) is 8.83 Å². The third-order valence-corrected chi connectivity index (χ3v) is 2.55. The Bertz CT molecular complexity index is 723. The number of para-hydroxylation sites is 1. The van der Waals surface area contributed by atoms with Crippen molar-refractivity contribution in [2.75, 3.05) is 0 Å². The molecule has 4 heteroatoms. The molecule has 84 valence electrons. The summed E-state index contributed by atoms with van der Waals surface area (Å²) < 4.78 is 10.2. The molecule has 1 N–H and O–H groups in total. The molecule has 0 amide bonds. The summed E-state index contributed by atoms with van der Waals surface area (Å²) in [5.74, 6) is 0.175. The fraction of sp³-hybridized carbons (Fsp3) is 0. The number of aromatic hydroxyl groups is 1. The van der Waals surface area contributed by atoms with Gasteiger partial charge in [0.15, 0.2) is 0 Å². The summed E-state index contributed by atoms with van der Waals surface area (Å²) in [6, 6.07) is 10.0. The van der Waals surface area contributed by atoms with E-state index in [1.165, 1.54) is 6.26 Å². The monoisotopic (exact) mass is 228 g/mol. The first kappa shape index (κ1) is 9.72. The van der Waals surface area contributed by atoms with Crippen LogP contribution < -0.4 is 5.63 Å². The highest BCUT2D eigenvalue weighted by molar-refractivity contribution is 5.89. The highest BCUT2D eigenvalue weighted by Crippen LogP contribution is 2.32. The van der Waals surface area contributed by atoms with Gasteiger partial charge in [-0.3, -0.25) is 0 Å². The van der Waals surface area contributed by atoms with Crippen LogP contribution in [0.4, 0.5) is 0 Å². The molecule has 0 bridgehead atoms. The SMILES string of the molecule is O=c1oc2ccccc2c(O)c1-c1ccco1. The quantitative estimate of drug-likeness (QED) is 0.650. The molecule has 0 saturated carbocycles. The molecular formula is C13H8O4. The summed E-state index contributed by atoms with van der Waals surface area (Å²) >= 11 is 0. The fourth-order valence-electron chi connectivity index (χ4n) is 1.77. The Balaban J connectivity index is 2.44. The molecular weight excluding hydrogens is 220 g/mol. The predicted molar refractivity (Wildman–Crippen MR) is 61.9 cm³/mol. The van der Waals surface area contributed by atoms with Crippen molar-refractivity contribution in [1.29, 1.82) is 0 Å². The third kappa shape index (κ3) is 1.42. The summed E-state index contributed by atoms with van der Waals surface area (Å²) in [6.07, 6.45) is 1.43. The van der Waals surface area contributed by atoms with Crippen molar-refractivity contribution in [3.63, 3.8) is 0 Å². The van der Waals surface area contributed by atoms with Crippen LogP contribution in [-0.2, 0) is 0 Å². The Hall–Kier alpha value is -2.49. The van der Waals surface area contributed by atoms with Crippen molar-refractivity contribution in [3.8, 4) is 17.1 Å². The first-order valence-corrected chi connectivity index (χ1v) is 5.06. The van der Waals surface area contributed by atoms with E-state index in [1.54, 1.807) is 36.4 Å². The summed E-state index contributed by atoms with van der Waals surface area (Å²) in [6.45, 7) is 0. The van der Waals surface area contributed by atoms with Crippen LogP contribution in [0.25, 0.3) is 22.3 Å². The standard InChI is InChI=1S/C13H8O4/c14-12-8-4-1-2-5-9(8)17-13(15)11(12)10-6-3-7-16-10/h1-7,14H. The summed E-state index contributed by atoms with van der Waals surface area (Å²) in [5, 5.41) is 10.6. The molecule has 2 heterocycles. The lowest BCUT2D eigenvalue weighted by Gasteiger charge is -2.03. The summed E-state index contributed by atoms with van der Waals surface area (Å²) in [4.78, 5) is 11.8. The second-order valence-corrected chi connectivity index (χ2v) is 3.59. The molecule has 3 aromatic rings. The van der Waals surface area contributed by atoms with Gasteiger partial charge in [0, 0.05) is 0 Å². The maximum Gasteiger partial charge on any atom is 0.351 e. The average molecular weight is 228 g/mol. The Morgan fingerprint density at radius 1 is 1.06 bits per heavy atom. The van der Waals surface area contributed by atoms with Gasteiger partial charge in [-0.25, -0.2) is 4.79 Å². The molecule has 0 saturated heterocycles. The Morgan fingerprint density at radius 3 is 2.65 bits per heavy atom. The van der Waals surface area contributed by atoms with E-state index in [-0.39, 0.29) is 11.3 Å². The number of benzene rings is 1. The molecule has 2 aromatic heterocycles. The van der Waals surface area contributed by atoms with Crippen LogP contribution in [0.3, 0.4) is 0 Å². The van der Waals surface area contributed by atoms with Gasteiger partial charge in [0.1, 0.15) is 22.7 Å². The van der Waals surface area contributed by atoms with Gasteiger partial charge in [-0.1, -0.05) is 12.1 Å². The van der Waals surface area contributed by atoms with E-state index in [1.807, 2.05) is 0 Å². The summed E-state index contributed by atoms with van der Waals surface area (Å²) in [5.41, 5.74) is -0.213. The maximum absolute atomic E-state index is 11.8. The lowest BCUT2D eigenvalue weighted by atomic mass is 10.1. The Morgan fingerprint density at radius 2 is 1.88 bits per heavy atom. The van der Waals surface area contributed by atoms with Crippen molar-refractivity contribution >= 4 is 11.0 Å². The average Bonchev–Trinajstić information content (AvgIpc) is 2.83. The number of hydrogen-bond donors (Lipinski definition) is 1. The van der Waals surface area contributed by atoms with Gasteiger partial charge in [-0.15, -0.1) is 0 Å². The van der Waals surface area contributed by atoms with Crippen LogP contribution in [0.2, 0.25) is 0 Å². The second kappa shape index (κ2) is 3.52. The molecule has 0 aliphatic rings. The predicted octanol–water partition coefficient (Wildman–Crippen LogP) is 2.76. The van der Waals surface area contributed by atoms with E-state index in [0.717, 1.165) is 0 Å². The lowest BCUT2D eigenvalue weighted by Crippen LogP contribution is -2.02. The maximum atomic E-state index is 11.8. The van der Waals surface area contributed by atoms with E-state index in [9.17, 15) is 9.90 Å². The van der Waals surface area contributed by atoms with Gasteiger partial charge in [0.25, 0.3) is 0 Å². The summed E-state index contributed by atoms with van der Waals surface area (Å²) in [7, 11) is 0. The van der Waals surface area contributed by atoms with Crippen LogP contribution >= 0.6 is 0 Å². The van der Waals surface area contributed by atoms with Gasteiger partial charge in [0.2, 0.25) is 0 Å². The Labute approximate surface area is 95.7 Å². The number of rotatable bonds is 1. The fourth-order valence-corrected chi connectivity index (χ4v) is 1.77. The van der Waals surface area contributed by atoms with Gasteiger partial charge >= 0.3 is 5.63 Å². The van der Waals surface area contributed by atoms with Crippen molar-refractivity contribution in [2.45, 2.75) is 0 Å². The smallest absolute Gasteiger partial charge is 0.351 e. The van der Waals surface area contributed by atoms with Crippen molar-refractivity contribution in [1.82, 2.24) is 0 Å². The van der Waals surface area contributed by atoms with Crippen molar-refractivity contribution in [3.05, 3.63) is 53.1 Å².